The maximum Gasteiger partial charge on any atom is 0.0834 e. The van der Waals surface area contributed by atoms with E-state index in [0.717, 1.165) is 18.8 Å². The first-order chi connectivity index (χ1) is 8.10. The van der Waals surface area contributed by atoms with E-state index in [0.29, 0.717) is 11.4 Å². The average molecular weight is 258 g/mol. The number of hydrogen-bond acceptors (Lipinski definition) is 4. The summed E-state index contributed by atoms with van der Waals surface area (Å²) in [6.45, 7) is 5.40. The lowest BCUT2D eigenvalue weighted by atomic mass is 10.1. The van der Waals surface area contributed by atoms with Gasteiger partial charge in [-0.15, -0.1) is 6.58 Å². The Morgan fingerprint density at radius 3 is 2.94 bits per heavy atom. The summed E-state index contributed by atoms with van der Waals surface area (Å²) in [6, 6.07) is -0.0512. The summed E-state index contributed by atoms with van der Waals surface area (Å²) in [4.78, 5) is 2.09. The van der Waals surface area contributed by atoms with Crippen molar-refractivity contribution in [1.29, 1.82) is 0 Å². The highest BCUT2D eigenvalue weighted by atomic mass is 35.5. The van der Waals surface area contributed by atoms with Crippen molar-refractivity contribution in [2.75, 3.05) is 20.6 Å². The smallest absolute Gasteiger partial charge is 0.0834 e. The molecule has 6 heteroatoms. The second-order valence-corrected chi connectivity index (χ2v) is 4.55. The van der Waals surface area contributed by atoms with E-state index in [1.54, 1.807) is 6.20 Å². The third-order valence-electron chi connectivity index (χ3n) is 2.53. The Morgan fingerprint density at radius 2 is 2.41 bits per heavy atom. The summed E-state index contributed by atoms with van der Waals surface area (Å²) in [6.07, 6.45) is 4.17. The van der Waals surface area contributed by atoms with E-state index >= 15 is 0 Å². The van der Waals surface area contributed by atoms with Gasteiger partial charge in [0.05, 0.1) is 29.5 Å². The van der Waals surface area contributed by atoms with Crippen LogP contribution in [0.15, 0.2) is 18.9 Å². The molecule has 1 heterocycles. The van der Waals surface area contributed by atoms with E-state index in [4.69, 9.17) is 17.4 Å². The molecule has 1 rings (SSSR count). The molecule has 0 saturated carbocycles. The Bertz CT molecular complexity index is 361. The molecule has 0 aromatic carbocycles. The topological polar surface area (TPSA) is 59.1 Å². The fraction of sp³-hybridized carbons (Fsp3) is 0.545. The molecule has 0 spiro atoms. The molecule has 0 bridgehead atoms. The highest BCUT2D eigenvalue weighted by molar-refractivity contribution is 6.31. The zero-order valence-corrected chi connectivity index (χ0v) is 11.1. The summed E-state index contributed by atoms with van der Waals surface area (Å²) in [5, 5.41) is 4.90. The summed E-state index contributed by atoms with van der Waals surface area (Å²) in [5.41, 5.74) is 3.66. The first kappa shape index (κ1) is 14.2. The lowest BCUT2D eigenvalue weighted by Crippen LogP contribution is -2.30. The standard InChI is InChI=1S/C11H20ClN5/c1-4-5-10(15-13)11-9(12)8-14-17(11)7-6-16(2)3/h4,8,10,15H,1,5-7,13H2,2-3H3. The molecular weight excluding hydrogens is 238 g/mol. The van der Waals surface area contributed by atoms with Gasteiger partial charge in [0.1, 0.15) is 0 Å². The van der Waals surface area contributed by atoms with Gasteiger partial charge in [0.25, 0.3) is 0 Å². The number of hydrogen-bond donors (Lipinski definition) is 2. The summed E-state index contributed by atoms with van der Waals surface area (Å²) < 4.78 is 1.89. The number of rotatable bonds is 7. The molecular formula is C11H20ClN5. The zero-order chi connectivity index (χ0) is 12.8. The number of likely N-dealkylation sites (N-methyl/N-ethyl adjacent to an activating group) is 1. The highest BCUT2D eigenvalue weighted by Crippen LogP contribution is 2.24. The first-order valence-corrected chi connectivity index (χ1v) is 5.91. The molecule has 0 fully saturated rings. The molecule has 96 valence electrons. The van der Waals surface area contributed by atoms with Gasteiger partial charge in [0, 0.05) is 6.54 Å². The van der Waals surface area contributed by atoms with Crippen LogP contribution in [0.3, 0.4) is 0 Å². The fourth-order valence-corrected chi connectivity index (χ4v) is 1.89. The van der Waals surface area contributed by atoms with Crippen molar-refractivity contribution in [2.24, 2.45) is 5.84 Å². The van der Waals surface area contributed by atoms with Crippen molar-refractivity contribution in [3.8, 4) is 0 Å². The number of aromatic nitrogens is 2. The van der Waals surface area contributed by atoms with Crippen molar-refractivity contribution >= 4 is 11.6 Å². The van der Waals surface area contributed by atoms with E-state index < -0.39 is 0 Å². The summed E-state index contributed by atoms with van der Waals surface area (Å²) >= 11 is 6.14. The minimum Gasteiger partial charge on any atom is -0.308 e. The Labute approximate surface area is 107 Å². The molecule has 0 radical (unpaired) electrons. The van der Waals surface area contributed by atoms with E-state index in [9.17, 15) is 0 Å². The third-order valence-corrected chi connectivity index (χ3v) is 2.82. The molecule has 5 nitrogen and oxygen atoms in total. The number of nitrogens with two attached hydrogens (primary N) is 1. The second-order valence-electron chi connectivity index (χ2n) is 4.15. The Hall–Kier alpha value is -0.880. The van der Waals surface area contributed by atoms with E-state index in [1.807, 2.05) is 24.9 Å². The van der Waals surface area contributed by atoms with E-state index in [2.05, 4.69) is 22.0 Å². The van der Waals surface area contributed by atoms with Crippen LogP contribution in [0.4, 0.5) is 0 Å². The van der Waals surface area contributed by atoms with E-state index in [-0.39, 0.29) is 6.04 Å². The van der Waals surface area contributed by atoms with Crippen LogP contribution in [0.2, 0.25) is 5.02 Å². The zero-order valence-electron chi connectivity index (χ0n) is 10.4. The van der Waals surface area contributed by atoms with Crippen molar-refractivity contribution in [3.05, 3.63) is 29.6 Å². The molecule has 1 unspecified atom stereocenters. The van der Waals surface area contributed by atoms with Gasteiger partial charge in [-0.1, -0.05) is 17.7 Å². The molecule has 0 aliphatic carbocycles. The van der Waals surface area contributed by atoms with Gasteiger partial charge >= 0.3 is 0 Å². The lowest BCUT2D eigenvalue weighted by molar-refractivity contribution is 0.362. The highest BCUT2D eigenvalue weighted by Gasteiger charge is 2.18. The van der Waals surface area contributed by atoms with Crippen LogP contribution in [0, 0.1) is 0 Å². The minimum absolute atomic E-state index is 0.0512. The normalized spacial score (nSPS) is 13.0. The minimum atomic E-state index is -0.0512. The second kappa shape index (κ2) is 6.76. The van der Waals surface area contributed by atoms with Crippen LogP contribution < -0.4 is 11.3 Å². The number of nitrogens with zero attached hydrogens (tertiary/aromatic N) is 3. The molecule has 1 atom stereocenters. The molecule has 1 aromatic heterocycles. The van der Waals surface area contributed by atoms with Gasteiger partial charge < -0.3 is 4.90 Å². The van der Waals surface area contributed by atoms with Gasteiger partial charge in [-0.3, -0.25) is 16.0 Å². The van der Waals surface area contributed by atoms with Crippen molar-refractivity contribution in [3.63, 3.8) is 0 Å². The van der Waals surface area contributed by atoms with Crippen LogP contribution in [-0.4, -0.2) is 35.3 Å². The molecule has 0 saturated heterocycles. The lowest BCUT2D eigenvalue weighted by Gasteiger charge is -2.18. The predicted octanol–water partition coefficient (Wildman–Crippen LogP) is 1.18. The number of nitrogens with one attached hydrogen (secondary N) is 1. The fourth-order valence-electron chi connectivity index (χ4n) is 1.62. The maximum atomic E-state index is 6.14. The van der Waals surface area contributed by atoms with Crippen LogP contribution in [0.25, 0.3) is 0 Å². The van der Waals surface area contributed by atoms with Crippen LogP contribution >= 0.6 is 11.6 Å². The Balaban J connectivity index is 2.87. The van der Waals surface area contributed by atoms with Gasteiger partial charge in [-0.2, -0.15) is 5.10 Å². The molecule has 1 aromatic rings. The average Bonchev–Trinajstić information content (AvgIpc) is 2.65. The number of hydrazine groups is 1. The predicted molar refractivity (Wildman–Crippen MR) is 70.7 cm³/mol. The van der Waals surface area contributed by atoms with Crippen molar-refractivity contribution in [2.45, 2.75) is 19.0 Å². The summed E-state index contributed by atoms with van der Waals surface area (Å²) in [7, 11) is 4.04. The van der Waals surface area contributed by atoms with Crippen LogP contribution in [0.1, 0.15) is 18.2 Å². The molecule has 0 aliphatic rings. The SMILES string of the molecule is C=CCC(NN)c1c(Cl)cnn1CCN(C)C. The summed E-state index contributed by atoms with van der Waals surface area (Å²) in [5.74, 6) is 5.54. The molecule has 0 aliphatic heterocycles. The van der Waals surface area contributed by atoms with Gasteiger partial charge in [-0.25, -0.2) is 0 Å². The Kier molecular flexibility index (Phi) is 5.64. The quantitative estimate of drug-likeness (QED) is 0.438. The van der Waals surface area contributed by atoms with Gasteiger partial charge in [0.2, 0.25) is 0 Å². The van der Waals surface area contributed by atoms with Crippen molar-refractivity contribution < 1.29 is 0 Å². The third kappa shape index (κ3) is 3.81. The van der Waals surface area contributed by atoms with Crippen molar-refractivity contribution in [1.82, 2.24) is 20.1 Å². The largest absolute Gasteiger partial charge is 0.308 e. The molecule has 0 amide bonds. The van der Waals surface area contributed by atoms with Gasteiger partial charge in [0.15, 0.2) is 0 Å². The van der Waals surface area contributed by atoms with Crippen LogP contribution in [-0.2, 0) is 6.54 Å². The number of halogens is 1. The van der Waals surface area contributed by atoms with Gasteiger partial charge in [-0.05, 0) is 20.5 Å². The molecule has 17 heavy (non-hydrogen) atoms. The van der Waals surface area contributed by atoms with E-state index in [1.165, 1.54) is 0 Å². The Morgan fingerprint density at radius 1 is 1.71 bits per heavy atom. The first-order valence-electron chi connectivity index (χ1n) is 5.53. The monoisotopic (exact) mass is 257 g/mol. The van der Waals surface area contributed by atoms with Crippen LogP contribution in [0.5, 0.6) is 0 Å². The maximum absolute atomic E-state index is 6.14. The molecule has 3 N–H and O–H groups in total.